The van der Waals surface area contributed by atoms with Crippen LogP contribution in [-0.2, 0) is 6.61 Å². The van der Waals surface area contributed by atoms with Crippen LogP contribution >= 0.6 is 63.7 Å². The van der Waals surface area contributed by atoms with E-state index in [-0.39, 0.29) is 0 Å². The van der Waals surface area contributed by atoms with E-state index >= 15 is 0 Å². The van der Waals surface area contributed by atoms with Crippen LogP contribution in [0.5, 0.6) is 5.75 Å². The molecule has 0 aromatic heterocycles. The van der Waals surface area contributed by atoms with Crippen molar-refractivity contribution in [2.75, 3.05) is 5.73 Å². The highest BCUT2D eigenvalue weighted by atomic mass is 79.9. The van der Waals surface area contributed by atoms with Crippen molar-refractivity contribution >= 4 is 69.4 Å². The number of ether oxygens (including phenoxy) is 1. The first-order valence-corrected chi connectivity index (χ1v) is 8.46. The highest BCUT2D eigenvalue weighted by Gasteiger charge is 2.09. The molecular weight excluding hydrogens is 506 g/mol. The summed E-state index contributed by atoms with van der Waals surface area (Å²) in [5, 5.41) is 0. The number of benzene rings is 2. The van der Waals surface area contributed by atoms with Gasteiger partial charge in [0.05, 0.1) is 8.95 Å². The van der Waals surface area contributed by atoms with Gasteiger partial charge in [0.2, 0.25) is 0 Å². The molecule has 0 unspecified atom stereocenters. The Balaban J connectivity index is 2.19. The average molecular weight is 515 g/mol. The van der Waals surface area contributed by atoms with Crippen molar-refractivity contribution < 1.29 is 4.74 Å². The molecule has 100 valence electrons. The summed E-state index contributed by atoms with van der Waals surface area (Å²) in [7, 11) is 0. The van der Waals surface area contributed by atoms with E-state index < -0.39 is 0 Å². The zero-order chi connectivity index (χ0) is 14.0. The zero-order valence-corrected chi connectivity index (χ0v) is 15.9. The van der Waals surface area contributed by atoms with Gasteiger partial charge in [0.1, 0.15) is 12.4 Å². The van der Waals surface area contributed by atoms with Crippen LogP contribution in [0.25, 0.3) is 0 Å². The quantitative estimate of drug-likeness (QED) is 0.518. The van der Waals surface area contributed by atoms with E-state index in [1.165, 1.54) is 0 Å². The number of hydrogen-bond acceptors (Lipinski definition) is 2. The van der Waals surface area contributed by atoms with Gasteiger partial charge in [-0.3, -0.25) is 0 Å². The Kier molecular flexibility index (Phi) is 5.34. The van der Waals surface area contributed by atoms with E-state index in [2.05, 4.69) is 63.7 Å². The van der Waals surface area contributed by atoms with Crippen LogP contribution in [0.1, 0.15) is 5.56 Å². The van der Waals surface area contributed by atoms with Crippen molar-refractivity contribution in [3.8, 4) is 5.75 Å². The molecule has 0 aliphatic heterocycles. The molecular formula is C13H9Br4NO. The number of halogens is 4. The third-order valence-corrected chi connectivity index (χ3v) is 4.79. The highest BCUT2D eigenvalue weighted by Crippen LogP contribution is 2.37. The summed E-state index contributed by atoms with van der Waals surface area (Å²) >= 11 is 13.9. The summed E-state index contributed by atoms with van der Waals surface area (Å²) < 4.78 is 9.54. The van der Waals surface area contributed by atoms with Gasteiger partial charge in [-0.2, -0.15) is 0 Å². The van der Waals surface area contributed by atoms with E-state index in [1.807, 2.05) is 30.3 Å². The van der Waals surface area contributed by atoms with Crippen molar-refractivity contribution in [3.05, 3.63) is 53.8 Å². The predicted molar refractivity (Wildman–Crippen MR) is 92.4 cm³/mol. The van der Waals surface area contributed by atoms with Crippen LogP contribution in [0, 0.1) is 0 Å². The summed E-state index contributed by atoms with van der Waals surface area (Å²) in [6.45, 7) is 0.458. The molecule has 0 spiro atoms. The van der Waals surface area contributed by atoms with E-state index in [0.29, 0.717) is 6.61 Å². The van der Waals surface area contributed by atoms with Crippen LogP contribution in [0.3, 0.4) is 0 Å². The molecule has 2 nitrogen and oxygen atoms in total. The molecule has 0 saturated heterocycles. The van der Waals surface area contributed by atoms with Crippen LogP contribution in [-0.4, -0.2) is 0 Å². The van der Waals surface area contributed by atoms with Crippen molar-refractivity contribution in [1.29, 1.82) is 0 Å². The average Bonchev–Trinajstić information content (AvgIpc) is 2.30. The van der Waals surface area contributed by atoms with Crippen LogP contribution < -0.4 is 10.5 Å². The van der Waals surface area contributed by atoms with Gasteiger partial charge in [-0.1, -0.05) is 37.9 Å². The Morgan fingerprint density at radius 3 is 2.11 bits per heavy atom. The molecule has 2 N–H and O–H groups in total. The number of nitrogen functional groups attached to an aromatic ring is 1. The highest BCUT2D eigenvalue weighted by molar-refractivity contribution is 9.11. The summed E-state index contributed by atoms with van der Waals surface area (Å²) in [6.07, 6.45) is 0. The first kappa shape index (κ1) is 15.4. The maximum atomic E-state index is 5.84. The monoisotopic (exact) mass is 511 g/mol. The van der Waals surface area contributed by atoms with Gasteiger partial charge >= 0.3 is 0 Å². The van der Waals surface area contributed by atoms with Gasteiger partial charge < -0.3 is 10.5 Å². The maximum absolute atomic E-state index is 5.84. The first-order valence-electron chi connectivity index (χ1n) is 5.28. The van der Waals surface area contributed by atoms with E-state index in [0.717, 1.165) is 34.9 Å². The molecule has 0 atom stereocenters. The zero-order valence-electron chi connectivity index (χ0n) is 9.59. The molecule has 2 rings (SSSR count). The molecule has 0 aliphatic rings. The Morgan fingerprint density at radius 1 is 0.895 bits per heavy atom. The Morgan fingerprint density at radius 2 is 1.53 bits per heavy atom. The fourth-order valence-corrected chi connectivity index (χ4v) is 4.50. The van der Waals surface area contributed by atoms with Gasteiger partial charge in [-0.15, -0.1) is 0 Å². The molecule has 19 heavy (non-hydrogen) atoms. The third-order valence-electron chi connectivity index (χ3n) is 2.41. The van der Waals surface area contributed by atoms with E-state index in [4.69, 9.17) is 10.5 Å². The van der Waals surface area contributed by atoms with Crippen molar-refractivity contribution in [1.82, 2.24) is 0 Å². The van der Waals surface area contributed by atoms with Crippen molar-refractivity contribution in [3.63, 3.8) is 0 Å². The Hall–Kier alpha value is -0.0400. The third kappa shape index (κ3) is 3.97. The van der Waals surface area contributed by atoms with Crippen LogP contribution in [0.4, 0.5) is 5.69 Å². The van der Waals surface area contributed by atoms with Gasteiger partial charge in [0, 0.05) is 20.2 Å². The molecule has 2 aromatic carbocycles. The lowest BCUT2D eigenvalue weighted by Crippen LogP contribution is -1.98. The fraction of sp³-hybridized carbons (Fsp3) is 0.0769. The molecule has 0 aliphatic carbocycles. The van der Waals surface area contributed by atoms with Gasteiger partial charge in [-0.05, 0) is 56.1 Å². The number of hydrogen-bond donors (Lipinski definition) is 1. The summed E-state index contributed by atoms with van der Waals surface area (Å²) in [4.78, 5) is 0. The minimum Gasteiger partial charge on any atom is -0.486 e. The SMILES string of the molecule is Nc1ccc(COc2c(Br)cc(Br)cc2Br)c(Br)c1. The fourth-order valence-electron chi connectivity index (χ4n) is 1.50. The molecule has 2 aromatic rings. The topological polar surface area (TPSA) is 35.2 Å². The van der Waals surface area contributed by atoms with Gasteiger partial charge in [0.15, 0.2) is 0 Å². The predicted octanol–water partition coefficient (Wildman–Crippen LogP) is 5.90. The number of anilines is 1. The molecule has 0 bridgehead atoms. The molecule has 0 amide bonds. The second-order valence-electron chi connectivity index (χ2n) is 3.84. The summed E-state index contributed by atoms with van der Waals surface area (Å²) in [6, 6.07) is 9.55. The molecule has 0 radical (unpaired) electrons. The van der Waals surface area contributed by atoms with Crippen molar-refractivity contribution in [2.24, 2.45) is 0 Å². The number of nitrogens with two attached hydrogens (primary N) is 1. The van der Waals surface area contributed by atoms with Gasteiger partial charge in [0.25, 0.3) is 0 Å². The van der Waals surface area contributed by atoms with Crippen molar-refractivity contribution in [2.45, 2.75) is 6.61 Å². The minimum absolute atomic E-state index is 0.458. The first-order chi connectivity index (χ1) is 8.97. The smallest absolute Gasteiger partial charge is 0.148 e. The lowest BCUT2D eigenvalue weighted by Gasteiger charge is -2.12. The second kappa shape index (κ2) is 6.61. The van der Waals surface area contributed by atoms with E-state index in [9.17, 15) is 0 Å². The van der Waals surface area contributed by atoms with E-state index in [1.54, 1.807) is 0 Å². The Bertz CT molecular complexity index is 593. The largest absolute Gasteiger partial charge is 0.486 e. The minimum atomic E-state index is 0.458. The molecule has 0 fully saturated rings. The molecule has 0 heterocycles. The summed E-state index contributed by atoms with van der Waals surface area (Å²) in [5.41, 5.74) is 7.47. The maximum Gasteiger partial charge on any atom is 0.148 e. The summed E-state index contributed by atoms with van der Waals surface area (Å²) in [5.74, 6) is 0.770. The van der Waals surface area contributed by atoms with Gasteiger partial charge in [-0.25, -0.2) is 0 Å². The Labute approximate surface area is 145 Å². The van der Waals surface area contributed by atoms with Crippen LogP contribution in [0.15, 0.2) is 48.2 Å². The lowest BCUT2D eigenvalue weighted by molar-refractivity contribution is 0.301. The molecule has 0 saturated carbocycles. The van der Waals surface area contributed by atoms with Crippen LogP contribution in [0.2, 0.25) is 0 Å². The standard InChI is InChI=1S/C13H9Br4NO/c14-8-3-11(16)13(12(17)4-8)19-6-7-1-2-9(18)5-10(7)15/h1-5H,6,18H2. The molecule has 6 heteroatoms. The number of rotatable bonds is 3. The second-order valence-corrected chi connectivity index (χ2v) is 7.32. The lowest BCUT2D eigenvalue weighted by atomic mass is 10.2. The normalized spacial score (nSPS) is 10.5.